The second-order valence-corrected chi connectivity index (χ2v) is 4.39. The van der Waals surface area contributed by atoms with E-state index in [0.29, 0.717) is 11.4 Å². The summed E-state index contributed by atoms with van der Waals surface area (Å²) in [6, 6.07) is 2.85. The van der Waals surface area contributed by atoms with Crippen molar-refractivity contribution in [1.29, 1.82) is 0 Å². The number of carboxylic acid groups (broad SMARTS) is 1. The van der Waals surface area contributed by atoms with E-state index in [9.17, 15) is 9.59 Å². The van der Waals surface area contributed by atoms with Gasteiger partial charge in [0.25, 0.3) is 5.56 Å². The van der Waals surface area contributed by atoms with Crippen molar-refractivity contribution < 1.29 is 14.6 Å². The number of carbonyl (C=O) groups is 1. The van der Waals surface area contributed by atoms with E-state index in [0.717, 1.165) is 11.8 Å². The van der Waals surface area contributed by atoms with Crippen LogP contribution < -0.4 is 11.3 Å². The molecule has 86 valence electrons. The van der Waals surface area contributed by atoms with E-state index < -0.39 is 17.6 Å². The number of ether oxygens (including phenoxy) is 1. The topological polar surface area (TPSA) is 94.6 Å². The largest absolute Gasteiger partial charge is 0.479 e. The van der Waals surface area contributed by atoms with Crippen LogP contribution in [0.3, 0.4) is 0 Å². The van der Waals surface area contributed by atoms with Gasteiger partial charge < -0.3 is 15.6 Å². The molecule has 0 spiro atoms. The summed E-state index contributed by atoms with van der Waals surface area (Å²) in [6.45, 7) is 0. The molecular weight excluding hydrogens is 232 g/mol. The Kier molecular flexibility index (Phi) is 2.88. The fourth-order valence-corrected chi connectivity index (χ4v) is 2.34. The van der Waals surface area contributed by atoms with E-state index in [-0.39, 0.29) is 5.56 Å². The van der Waals surface area contributed by atoms with Crippen molar-refractivity contribution in [3.63, 3.8) is 0 Å². The van der Waals surface area contributed by atoms with Crippen molar-refractivity contribution in [2.24, 2.45) is 0 Å². The molecule has 2 heterocycles. The quantitative estimate of drug-likeness (QED) is 0.764. The molecule has 6 nitrogen and oxygen atoms in total. The van der Waals surface area contributed by atoms with Gasteiger partial charge >= 0.3 is 5.97 Å². The molecule has 1 aliphatic rings. The second kappa shape index (κ2) is 4.18. The molecule has 2 unspecified atom stereocenters. The highest BCUT2D eigenvalue weighted by atomic mass is 32.2. The van der Waals surface area contributed by atoms with Gasteiger partial charge in [-0.2, -0.15) is 0 Å². The summed E-state index contributed by atoms with van der Waals surface area (Å²) in [5.41, 5.74) is 4.62. The Morgan fingerprint density at radius 1 is 1.69 bits per heavy atom. The van der Waals surface area contributed by atoms with Gasteiger partial charge in [-0.25, -0.2) is 4.79 Å². The summed E-state index contributed by atoms with van der Waals surface area (Å²) < 4.78 is 6.55. The Labute approximate surface area is 95.0 Å². The van der Waals surface area contributed by atoms with Crippen LogP contribution in [0.15, 0.2) is 23.1 Å². The normalized spacial score (nSPS) is 24.5. The highest BCUT2D eigenvalue weighted by Crippen LogP contribution is 2.30. The number of aromatic nitrogens is 1. The first-order valence-electron chi connectivity index (χ1n) is 4.55. The maximum absolute atomic E-state index is 11.5. The van der Waals surface area contributed by atoms with Crippen LogP contribution >= 0.6 is 11.8 Å². The highest BCUT2D eigenvalue weighted by Gasteiger charge is 2.32. The number of rotatable bonds is 2. The number of hydrogen-bond donors (Lipinski definition) is 2. The summed E-state index contributed by atoms with van der Waals surface area (Å²) in [4.78, 5) is 22.2. The number of thioether (sulfide) groups is 1. The van der Waals surface area contributed by atoms with Crippen molar-refractivity contribution in [2.75, 3.05) is 11.5 Å². The molecule has 1 saturated heterocycles. The smallest absolute Gasteiger partial charge is 0.343 e. The summed E-state index contributed by atoms with van der Waals surface area (Å²) in [6.07, 6.45) is 0.965. The third-order valence-corrected chi connectivity index (χ3v) is 3.25. The van der Waals surface area contributed by atoms with Gasteiger partial charge in [-0.05, 0) is 6.07 Å². The van der Waals surface area contributed by atoms with Crippen molar-refractivity contribution in [2.45, 2.75) is 11.7 Å². The second-order valence-electron chi connectivity index (χ2n) is 3.30. The third-order valence-electron chi connectivity index (χ3n) is 2.15. The summed E-state index contributed by atoms with van der Waals surface area (Å²) in [5, 5.41) is 8.74. The SMILES string of the molecule is Nc1ccn(C2CSC(C(=O)O)O2)c(=O)c1. The van der Waals surface area contributed by atoms with Gasteiger partial charge in [-0.15, -0.1) is 11.8 Å². The average Bonchev–Trinajstić information content (AvgIpc) is 2.66. The fourth-order valence-electron chi connectivity index (χ4n) is 1.41. The number of nitrogens with zero attached hydrogens (tertiary/aromatic N) is 1. The molecule has 16 heavy (non-hydrogen) atoms. The van der Waals surface area contributed by atoms with Crippen molar-refractivity contribution >= 4 is 23.4 Å². The predicted molar refractivity (Wildman–Crippen MR) is 59.1 cm³/mol. The number of nitrogen functional groups attached to an aromatic ring is 1. The standard InChI is InChI=1S/C9H10N2O4S/c10-5-1-2-11(6(12)3-5)7-4-16-9(15-7)8(13)14/h1-3,7,9H,4,10H2,(H,13,14). The van der Waals surface area contributed by atoms with Gasteiger partial charge in [-0.1, -0.05) is 0 Å². The number of pyridine rings is 1. The van der Waals surface area contributed by atoms with Crippen molar-refractivity contribution in [3.8, 4) is 0 Å². The minimum atomic E-state index is -1.03. The molecule has 0 bridgehead atoms. The maximum atomic E-state index is 11.5. The molecule has 0 radical (unpaired) electrons. The molecule has 2 rings (SSSR count). The molecule has 1 aliphatic heterocycles. The molecule has 1 aromatic heterocycles. The minimum Gasteiger partial charge on any atom is -0.479 e. The molecule has 3 N–H and O–H groups in total. The Morgan fingerprint density at radius 3 is 3.00 bits per heavy atom. The van der Waals surface area contributed by atoms with Crippen LogP contribution in [0.25, 0.3) is 0 Å². The molecule has 7 heteroatoms. The number of hydrogen-bond acceptors (Lipinski definition) is 5. The van der Waals surface area contributed by atoms with Crippen LogP contribution in [-0.4, -0.2) is 26.8 Å². The fraction of sp³-hybridized carbons (Fsp3) is 0.333. The number of anilines is 1. The lowest BCUT2D eigenvalue weighted by molar-refractivity contribution is -0.147. The van der Waals surface area contributed by atoms with E-state index in [1.165, 1.54) is 16.8 Å². The third kappa shape index (κ3) is 2.05. The van der Waals surface area contributed by atoms with Crippen molar-refractivity contribution in [1.82, 2.24) is 4.57 Å². The summed E-state index contributed by atoms with van der Waals surface area (Å²) >= 11 is 1.15. The highest BCUT2D eigenvalue weighted by molar-refractivity contribution is 8.00. The Hall–Kier alpha value is -1.47. The zero-order valence-corrected chi connectivity index (χ0v) is 9.02. The van der Waals surface area contributed by atoms with Gasteiger partial charge in [0.2, 0.25) is 5.44 Å². The number of aliphatic carboxylic acids is 1. The monoisotopic (exact) mass is 242 g/mol. The van der Waals surface area contributed by atoms with Crippen LogP contribution in [0.5, 0.6) is 0 Å². The number of carboxylic acids is 1. The average molecular weight is 242 g/mol. The zero-order valence-electron chi connectivity index (χ0n) is 8.20. The van der Waals surface area contributed by atoms with Gasteiger partial charge in [0, 0.05) is 23.7 Å². The minimum absolute atomic E-state index is 0.295. The van der Waals surface area contributed by atoms with E-state index in [1.54, 1.807) is 6.07 Å². The van der Waals surface area contributed by atoms with E-state index in [2.05, 4.69) is 0 Å². The molecule has 0 aliphatic carbocycles. The van der Waals surface area contributed by atoms with Crippen molar-refractivity contribution in [3.05, 3.63) is 28.7 Å². The Bertz CT molecular complexity index is 473. The lowest BCUT2D eigenvalue weighted by Crippen LogP contribution is -2.26. The van der Waals surface area contributed by atoms with Crippen LogP contribution in [0.1, 0.15) is 6.23 Å². The van der Waals surface area contributed by atoms with Gasteiger partial charge in [0.1, 0.15) is 6.23 Å². The first-order chi connectivity index (χ1) is 7.58. The molecular formula is C9H10N2O4S. The van der Waals surface area contributed by atoms with E-state index >= 15 is 0 Å². The lowest BCUT2D eigenvalue weighted by atomic mass is 10.4. The molecule has 1 aromatic rings. The molecule has 0 aromatic carbocycles. The van der Waals surface area contributed by atoms with Crippen LogP contribution in [0.2, 0.25) is 0 Å². The first kappa shape index (κ1) is 11.0. The van der Waals surface area contributed by atoms with Gasteiger partial charge in [0.15, 0.2) is 0 Å². The first-order valence-corrected chi connectivity index (χ1v) is 5.60. The summed E-state index contributed by atoms with van der Waals surface area (Å²) in [7, 11) is 0. The van der Waals surface area contributed by atoms with E-state index in [4.69, 9.17) is 15.6 Å². The van der Waals surface area contributed by atoms with Gasteiger partial charge in [0.05, 0.1) is 0 Å². The van der Waals surface area contributed by atoms with Gasteiger partial charge in [-0.3, -0.25) is 9.36 Å². The molecule has 0 amide bonds. The van der Waals surface area contributed by atoms with Crippen LogP contribution in [0.4, 0.5) is 5.69 Å². The van der Waals surface area contributed by atoms with Crippen LogP contribution in [0, 0.1) is 0 Å². The summed E-state index contributed by atoms with van der Waals surface area (Å²) in [5.74, 6) is -0.600. The lowest BCUT2D eigenvalue weighted by Gasteiger charge is -2.13. The number of nitrogens with two attached hydrogens (primary N) is 1. The molecule has 2 atom stereocenters. The van der Waals surface area contributed by atoms with Crippen LogP contribution in [-0.2, 0) is 9.53 Å². The molecule has 0 saturated carbocycles. The Balaban J connectivity index is 2.21. The maximum Gasteiger partial charge on any atom is 0.343 e. The predicted octanol–water partition coefficient (Wildman–Crippen LogP) is 0.103. The molecule has 1 fully saturated rings. The Morgan fingerprint density at radius 2 is 2.44 bits per heavy atom. The zero-order chi connectivity index (χ0) is 11.7. The van der Waals surface area contributed by atoms with E-state index in [1.807, 2.05) is 0 Å².